The molecular weight excluding hydrogens is 404 g/mol. The van der Waals surface area contributed by atoms with Gasteiger partial charge >= 0.3 is 12.1 Å². The number of aliphatic carboxylic acids is 1. The first-order chi connectivity index (χ1) is 14.7. The number of carboxylic acid groups (broad SMARTS) is 1. The maximum absolute atomic E-state index is 12.8. The standard InChI is InChI=1S/C21H32N4O6/c1-14(2)18(25-21(30)31-13-15-8-4-3-5-9-15)20(29)24-16(10-6-7-11-22)19(28)23-12-17(26)27/h3-5,8-9,14,16,18H,6-7,10-13,22H2,1-2H3,(H,23,28)(H,24,29)(H,25,30)(H,26,27)/t16-,18-/m0/s1. The Labute approximate surface area is 181 Å². The lowest BCUT2D eigenvalue weighted by Crippen LogP contribution is -2.55. The van der Waals surface area contributed by atoms with Gasteiger partial charge in [0.25, 0.3) is 0 Å². The number of carboxylic acids is 1. The van der Waals surface area contributed by atoms with Gasteiger partial charge in [0.05, 0.1) is 0 Å². The van der Waals surface area contributed by atoms with Crippen molar-refractivity contribution in [3.63, 3.8) is 0 Å². The number of carbonyl (C=O) groups excluding carboxylic acids is 3. The van der Waals surface area contributed by atoms with Crippen LogP contribution in [0.25, 0.3) is 0 Å². The zero-order chi connectivity index (χ0) is 23.2. The summed E-state index contributed by atoms with van der Waals surface area (Å²) in [5.74, 6) is -2.64. The van der Waals surface area contributed by atoms with Gasteiger partial charge < -0.3 is 31.5 Å². The quantitative estimate of drug-likeness (QED) is 0.285. The molecule has 6 N–H and O–H groups in total. The summed E-state index contributed by atoms with van der Waals surface area (Å²) in [6.45, 7) is 3.42. The lowest BCUT2D eigenvalue weighted by Gasteiger charge is -2.25. The molecule has 0 radical (unpaired) electrons. The minimum absolute atomic E-state index is 0.0540. The number of benzene rings is 1. The van der Waals surface area contributed by atoms with Crippen molar-refractivity contribution in [2.24, 2.45) is 11.7 Å². The molecule has 0 fully saturated rings. The van der Waals surface area contributed by atoms with Crippen LogP contribution in [0.3, 0.4) is 0 Å². The van der Waals surface area contributed by atoms with Crippen LogP contribution in [0.5, 0.6) is 0 Å². The van der Waals surface area contributed by atoms with E-state index < -0.39 is 42.5 Å². The highest BCUT2D eigenvalue weighted by molar-refractivity contribution is 5.92. The summed E-state index contributed by atoms with van der Waals surface area (Å²) in [7, 11) is 0. The summed E-state index contributed by atoms with van der Waals surface area (Å²) in [4.78, 5) is 48.0. The number of amides is 3. The topological polar surface area (TPSA) is 160 Å². The van der Waals surface area contributed by atoms with Crippen LogP contribution in [0.4, 0.5) is 4.79 Å². The zero-order valence-corrected chi connectivity index (χ0v) is 17.9. The van der Waals surface area contributed by atoms with Gasteiger partial charge in [-0.3, -0.25) is 14.4 Å². The number of carbonyl (C=O) groups is 4. The Hall–Kier alpha value is -3.14. The van der Waals surface area contributed by atoms with E-state index in [9.17, 15) is 19.2 Å². The SMILES string of the molecule is CC(C)[C@H](NC(=O)OCc1ccccc1)C(=O)N[C@@H](CCCCN)C(=O)NCC(=O)O. The van der Waals surface area contributed by atoms with Gasteiger partial charge in [-0.15, -0.1) is 0 Å². The molecule has 10 nitrogen and oxygen atoms in total. The van der Waals surface area contributed by atoms with E-state index in [1.165, 1.54) is 0 Å². The van der Waals surface area contributed by atoms with Gasteiger partial charge in [0.1, 0.15) is 25.2 Å². The molecule has 2 atom stereocenters. The molecule has 3 amide bonds. The molecule has 0 saturated carbocycles. The normalized spacial score (nSPS) is 12.5. The van der Waals surface area contributed by atoms with Crippen LogP contribution in [0.1, 0.15) is 38.7 Å². The molecule has 0 aliphatic carbocycles. The summed E-state index contributed by atoms with van der Waals surface area (Å²) < 4.78 is 5.17. The van der Waals surface area contributed by atoms with Crippen molar-refractivity contribution in [3.8, 4) is 0 Å². The lowest BCUT2D eigenvalue weighted by molar-refractivity contribution is -0.138. The van der Waals surface area contributed by atoms with Gasteiger partial charge in [-0.05, 0) is 37.3 Å². The van der Waals surface area contributed by atoms with Crippen molar-refractivity contribution < 1.29 is 29.0 Å². The van der Waals surface area contributed by atoms with Crippen LogP contribution in [0.15, 0.2) is 30.3 Å². The van der Waals surface area contributed by atoms with E-state index in [2.05, 4.69) is 16.0 Å². The van der Waals surface area contributed by atoms with E-state index in [0.717, 1.165) is 5.56 Å². The van der Waals surface area contributed by atoms with Gasteiger partial charge in [-0.2, -0.15) is 0 Å². The van der Waals surface area contributed by atoms with E-state index in [4.69, 9.17) is 15.6 Å². The average molecular weight is 437 g/mol. The van der Waals surface area contributed by atoms with Crippen LogP contribution >= 0.6 is 0 Å². The molecule has 10 heteroatoms. The van der Waals surface area contributed by atoms with Crippen molar-refractivity contribution in [2.75, 3.05) is 13.1 Å². The van der Waals surface area contributed by atoms with Crippen LogP contribution in [0.2, 0.25) is 0 Å². The molecule has 1 rings (SSSR count). The van der Waals surface area contributed by atoms with E-state index in [1.54, 1.807) is 13.8 Å². The molecule has 0 saturated heterocycles. The van der Waals surface area contributed by atoms with Crippen molar-refractivity contribution in [1.82, 2.24) is 16.0 Å². The fourth-order valence-electron chi connectivity index (χ4n) is 2.74. The predicted molar refractivity (Wildman–Crippen MR) is 114 cm³/mol. The van der Waals surface area contributed by atoms with E-state index in [0.29, 0.717) is 19.4 Å². The molecule has 0 heterocycles. The highest BCUT2D eigenvalue weighted by Gasteiger charge is 2.29. The third-order valence-corrected chi connectivity index (χ3v) is 4.43. The van der Waals surface area contributed by atoms with Gasteiger partial charge in [-0.25, -0.2) is 4.79 Å². The first-order valence-corrected chi connectivity index (χ1v) is 10.2. The molecule has 172 valence electrons. The molecule has 31 heavy (non-hydrogen) atoms. The molecule has 0 aliphatic heterocycles. The van der Waals surface area contributed by atoms with Gasteiger partial charge in [0, 0.05) is 0 Å². The van der Waals surface area contributed by atoms with Crippen molar-refractivity contribution >= 4 is 23.9 Å². The summed E-state index contributed by atoms with van der Waals surface area (Å²) in [6, 6.07) is 7.22. The number of nitrogens with two attached hydrogens (primary N) is 1. The first-order valence-electron chi connectivity index (χ1n) is 10.2. The summed E-state index contributed by atoms with van der Waals surface area (Å²) in [5.41, 5.74) is 6.28. The molecule has 0 unspecified atom stereocenters. The van der Waals surface area contributed by atoms with Crippen LogP contribution in [-0.4, -0.2) is 54.2 Å². The summed E-state index contributed by atoms with van der Waals surface area (Å²) in [6.07, 6.45) is 0.752. The number of nitrogens with one attached hydrogen (secondary N) is 3. The Morgan fingerprint density at radius 2 is 1.71 bits per heavy atom. The van der Waals surface area contributed by atoms with Crippen molar-refractivity contribution in [2.45, 2.75) is 51.8 Å². The summed E-state index contributed by atoms with van der Waals surface area (Å²) in [5, 5.41) is 16.2. The predicted octanol–water partition coefficient (Wildman–Crippen LogP) is 0.752. The summed E-state index contributed by atoms with van der Waals surface area (Å²) >= 11 is 0. The number of unbranched alkanes of at least 4 members (excludes halogenated alkanes) is 1. The molecular formula is C21H32N4O6. The number of hydrogen-bond acceptors (Lipinski definition) is 6. The highest BCUT2D eigenvalue weighted by atomic mass is 16.5. The van der Waals surface area contributed by atoms with Gasteiger partial charge in [0.15, 0.2) is 0 Å². The Kier molecular flexibility index (Phi) is 11.7. The third kappa shape index (κ3) is 10.4. The maximum atomic E-state index is 12.8. The fourth-order valence-corrected chi connectivity index (χ4v) is 2.74. The minimum atomic E-state index is -1.19. The Balaban J connectivity index is 2.71. The molecule has 0 aliphatic rings. The minimum Gasteiger partial charge on any atom is -0.480 e. The smallest absolute Gasteiger partial charge is 0.408 e. The van der Waals surface area contributed by atoms with E-state index >= 15 is 0 Å². The van der Waals surface area contributed by atoms with Crippen LogP contribution in [-0.2, 0) is 25.7 Å². The number of hydrogen-bond donors (Lipinski definition) is 5. The molecule has 1 aromatic carbocycles. The van der Waals surface area contributed by atoms with Crippen LogP contribution < -0.4 is 21.7 Å². The highest BCUT2D eigenvalue weighted by Crippen LogP contribution is 2.07. The van der Waals surface area contributed by atoms with Gasteiger partial charge in [0.2, 0.25) is 11.8 Å². The van der Waals surface area contributed by atoms with Gasteiger partial charge in [-0.1, -0.05) is 44.2 Å². The van der Waals surface area contributed by atoms with Crippen molar-refractivity contribution in [1.29, 1.82) is 0 Å². The number of alkyl carbamates (subject to hydrolysis) is 1. The molecule has 1 aromatic rings. The lowest BCUT2D eigenvalue weighted by atomic mass is 10.0. The first kappa shape index (κ1) is 25.9. The molecule has 0 spiro atoms. The van der Waals surface area contributed by atoms with E-state index in [-0.39, 0.29) is 18.9 Å². The monoisotopic (exact) mass is 436 g/mol. The Bertz CT molecular complexity index is 726. The number of ether oxygens (including phenoxy) is 1. The second-order valence-corrected chi connectivity index (χ2v) is 7.38. The van der Waals surface area contributed by atoms with Crippen molar-refractivity contribution in [3.05, 3.63) is 35.9 Å². The molecule has 0 aromatic heterocycles. The zero-order valence-electron chi connectivity index (χ0n) is 17.9. The number of rotatable bonds is 13. The Morgan fingerprint density at radius 1 is 1.03 bits per heavy atom. The fraction of sp³-hybridized carbons (Fsp3) is 0.524. The second-order valence-electron chi connectivity index (χ2n) is 7.38. The molecule has 0 bridgehead atoms. The maximum Gasteiger partial charge on any atom is 0.408 e. The Morgan fingerprint density at radius 3 is 2.29 bits per heavy atom. The average Bonchev–Trinajstić information content (AvgIpc) is 2.74. The third-order valence-electron chi connectivity index (χ3n) is 4.43. The largest absolute Gasteiger partial charge is 0.480 e. The van der Waals surface area contributed by atoms with Crippen LogP contribution in [0, 0.1) is 5.92 Å². The second kappa shape index (κ2) is 14.0. The van der Waals surface area contributed by atoms with E-state index in [1.807, 2.05) is 30.3 Å².